The predicted molar refractivity (Wildman–Crippen MR) is 87.1 cm³/mol. The number of hydrogen-bond donors (Lipinski definition) is 2. The van der Waals surface area contributed by atoms with Crippen molar-refractivity contribution in [2.75, 3.05) is 20.1 Å². The summed E-state index contributed by atoms with van der Waals surface area (Å²) in [7, 11) is -1.31. The molecular weight excluding hydrogens is 306 g/mol. The molecule has 1 aliphatic heterocycles. The van der Waals surface area contributed by atoms with E-state index >= 15 is 0 Å². The quantitative estimate of drug-likeness (QED) is 0.831. The zero-order valence-corrected chi connectivity index (χ0v) is 14.6. The molecule has 21 heavy (non-hydrogen) atoms. The minimum absolute atomic E-state index is 0.0401. The third-order valence-electron chi connectivity index (χ3n) is 4.02. The van der Waals surface area contributed by atoms with Gasteiger partial charge in [0.25, 0.3) is 0 Å². The number of nitrogens with one attached hydrogen (secondary N) is 2. The van der Waals surface area contributed by atoms with Crippen molar-refractivity contribution in [1.82, 2.24) is 14.9 Å². The number of sulfonamides is 1. The summed E-state index contributed by atoms with van der Waals surface area (Å²) in [6, 6.07) is 2.23. The molecular formula is C14H25N3O2S2. The molecule has 120 valence electrons. The fraction of sp³-hybridized carbons (Fsp3) is 0.714. The van der Waals surface area contributed by atoms with Crippen LogP contribution in [0.3, 0.4) is 0 Å². The van der Waals surface area contributed by atoms with Gasteiger partial charge < -0.3 is 10.2 Å². The standard InChI is InChI=1S/C14H25N3O2S2/c1-4-15-9-13-8-14(10-20-13)21(18,19)16-12-5-6-17(3)11(2)7-12/h8,10-12,15-16H,4-7,9H2,1-3H3. The zero-order chi connectivity index (χ0) is 15.5. The van der Waals surface area contributed by atoms with E-state index in [4.69, 9.17) is 0 Å². The Morgan fingerprint density at radius 3 is 2.90 bits per heavy atom. The molecule has 2 N–H and O–H groups in total. The van der Waals surface area contributed by atoms with Gasteiger partial charge >= 0.3 is 0 Å². The first-order chi connectivity index (χ1) is 9.92. The van der Waals surface area contributed by atoms with Crippen LogP contribution in [0.25, 0.3) is 0 Å². The molecule has 2 atom stereocenters. The molecule has 5 nitrogen and oxygen atoms in total. The van der Waals surface area contributed by atoms with Crippen LogP contribution in [0.2, 0.25) is 0 Å². The topological polar surface area (TPSA) is 61.4 Å². The van der Waals surface area contributed by atoms with E-state index < -0.39 is 10.0 Å². The summed E-state index contributed by atoms with van der Waals surface area (Å²) in [5.41, 5.74) is 0. The second kappa shape index (κ2) is 7.19. The molecule has 1 aromatic heterocycles. The number of thiophene rings is 1. The maximum atomic E-state index is 12.4. The van der Waals surface area contributed by atoms with E-state index in [1.807, 2.05) is 6.92 Å². The highest BCUT2D eigenvalue weighted by Gasteiger charge is 2.27. The summed E-state index contributed by atoms with van der Waals surface area (Å²) in [5, 5.41) is 4.94. The number of likely N-dealkylation sites (tertiary alicyclic amines) is 1. The Labute approximate surface area is 131 Å². The maximum Gasteiger partial charge on any atom is 0.241 e. The fourth-order valence-electron chi connectivity index (χ4n) is 2.53. The van der Waals surface area contributed by atoms with E-state index in [1.54, 1.807) is 11.4 Å². The van der Waals surface area contributed by atoms with Crippen molar-refractivity contribution in [1.29, 1.82) is 0 Å². The van der Waals surface area contributed by atoms with Crippen molar-refractivity contribution >= 4 is 21.4 Å². The van der Waals surface area contributed by atoms with Gasteiger partial charge in [-0.1, -0.05) is 6.92 Å². The Balaban J connectivity index is 1.99. The number of rotatable bonds is 6. The van der Waals surface area contributed by atoms with Crippen molar-refractivity contribution < 1.29 is 8.42 Å². The molecule has 7 heteroatoms. The van der Waals surface area contributed by atoms with E-state index in [0.717, 1.165) is 37.4 Å². The van der Waals surface area contributed by atoms with Crippen LogP contribution in [0, 0.1) is 0 Å². The second-order valence-corrected chi connectivity index (χ2v) is 8.41. The lowest BCUT2D eigenvalue weighted by atomic mass is 10.0. The van der Waals surface area contributed by atoms with E-state index in [2.05, 4.69) is 28.9 Å². The van der Waals surface area contributed by atoms with Crippen molar-refractivity contribution in [3.8, 4) is 0 Å². The molecule has 0 aromatic carbocycles. The smallest absolute Gasteiger partial charge is 0.241 e. The first kappa shape index (κ1) is 16.9. The van der Waals surface area contributed by atoms with Gasteiger partial charge in [-0.3, -0.25) is 0 Å². The summed E-state index contributed by atoms with van der Waals surface area (Å²) < 4.78 is 27.7. The summed E-state index contributed by atoms with van der Waals surface area (Å²) in [6.45, 7) is 6.71. The maximum absolute atomic E-state index is 12.4. The molecule has 0 aliphatic carbocycles. The Hall–Kier alpha value is -0.470. The molecule has 0 spiro atoms. The highest BCUT2D eigenvalue weighted by Crippen LogP contribution is 2.22. The van der Waals surface area contributed by atoms with Gasteiger partial charge in [-0.05, 0) is 46.0 Å². The molecule has 2 unspecified atom stereocenters. The monoisotopic (exact) mass is 331 g/mol. The minimum Gasteiger partial charge on any atom is -0.312 e. The van der Waals surface area contributed by atoms with E-state index in [-0.39, 0.29) is 6.04 Å². The summed E-state index contributed by atoms with van der Waals surface area (Å²) in [4.78, 5) is 3.71. The summed E-state index contributed by atoms with van der Waals surface area (Å²) in [5.74, 6) is 0. The Morgan fingerprint density at radius 2 is 2.24 bits per heavy atom. The molecule has 2 rings (SSSR count). The van der Waals surface area contributed by atoms with Crippen LogP contribution in [0.5, 0.6) is 0 Å². The van der Waals surface area contributed by atoms with Crippen LogP contribution < -0.4 is 10.0 Å². The average Bonchev–Trinajstić information content (AvgIpc) is 2.90. The lowest BCUT2D eigenvalue weighted by molar-refractivity contribution is 0.178. The van der Waals surface area contributed by atoms with Crippen molar-refractivity contribution in [2.24, 2.45) is 0 Å². The van der Waals surface area contributed by atoms with Crippen molar-refractivity contribution in [2.45, 2.75) is 50.2 Å². The first-order valence-corrected chi connectivity index (χ1v) is 9.79. The van der Waals surface area contributed by atoms with Crippen LogP contribution in [0.4, 0.5) is 0 Å². The van der Waals surface area contributed by atoms with Gasteiger partial charge in [-0.25, -0.2) is 13.1 Å². The molecule has 0 saturated carbocycles. The van der Waals surface area contributed by atoms with Gasteiger partial charge in [0.1, 0.15) is 0 Å². The Bertz CT molecular complexity index is 556. The fourth-order valence-corrected chi connectivity index (χ4v) is 5.05. The van der Waals surface area contributed by atoms with Crippen LogP contribution in [0.1, 0.15) is 31.6 Å². The third kappa shape index (κ3) is 4.50. The predicted octanol–water partition coefficient (Wildman–Crippen LogP) is 1.62. The van der Waals surface area contributed by atoms with Gasteiger partial charge in [0, 0.05) is 28.9 Å². The van der Waals surface area contributed by atoms with Crippen LogP contribution >= 0.6 is 11.3 Å². The lowest BCUT2D eigenvalue weighted by Crippen LogP contribution is -2.47. The highest BCUT2D eigenvalue weighted by molar-refractivity contribution is 7.89. The lowest BCUT2D eigenvalue weighted by Gasteiger charge is -2.35. The molecule has 0 radical (unpaired) electrons. The summed E-state index contributed by atoms with van der Waals surface area (Å²) in [6.07, 6.45) is 1.73. The Morgan fingerprint density at radius 1 is 1.48 bits per heavy atom. The molecule has 2 heterocycles. The van der Waals surface area contributed by atoms with E-state index in [1.165, 1.54) is 11.3 Å². The SMILES string of the molecule is CCNCc1cc(S(=O)(=O)NC2CCN(C)C(C)C2)cs1. The van der Waals surface area contributed by atoms with E-state index in [0.29, 0.717) is 10.9 Å². The van der Waals surface area contributed by atoms with Gasteiger partial charge in [0.2, 0.25) is 10.0 Å². The molecule has 1 saturated heterocycles. The molecule has 1 fully saturated rings. The summed E-state index contributed by atoms with van der Waals surface area (Å²) >= 11 is 1.49. The second-order valence-electron chi connectivity index (χ2n) is 5.70. The molecule has 0 bridgehead atoms. The van der Waals surface area contributed by atoms with Gasteiger partial charge in [0.15, 0.2) is 0 Å². The normalized spacial score (nSPS) is 24.3. The number of hydrogen-bond acceptors (Lipinski definition) is 5. The minimum atomic E-state index is -3.39. The van der Waals surface area contributed by atoms with Crippen LogP contribution in [0.15, 0.2) is 16.3 Å². The molecule has 0 amide bonds. The van der Waals surface area contributed by atoms with E-state index in [9.17, 15) is 8.42 Å². The van der Waals surface area contributed by atoms with Crippen molar-refractivity contribution in [3.63, 3.8) is 0 Å². The van der Waals surface area contributed by atoms with Gasteiger partial charge in [-0.15, -0.1) is 11.3 Å². The third-order valence-corrected chi connectivity index (χ3v) is 6.61. The number of nitrogens with zero attached hydrogens (tertiary/aromatic N) is 1. The number of piperidine rings is 1. The van der Waals surface area contributed by atoms with Crippen molar-refractivity contribution in [3.05, 3.63) is 16.3 Å². The zero-order valence-electron chi connectivity index (χ0n) is 12.9. The average molecular weight is 332 g/mol. The van der Waals surface area contributed by atoms with Gasteiger partial charge in [0.05, 0.1) is 4.90 Å². The van der Waals surface area contributed by atoms with Crippen LogP contribution in [-0.2, 0) is 16.6 Å². The Kier molecular flexibility index (Phi) is 5.79. The largest absolute Gasteiger partial charge is 0.312 e. The van der Waals surface area contributed by atoms with Crippen LogP contribution in [-0.4, -0.2) is 45.5 Å². The van der Waals surface area contributed by atoms with Gasteiger partial charge in [-0.2, -0.15) is 0 Å². The first-order valence-electron chi connectivity index (χ1n) is 7.43. The molecule has 1 aromatic rings. The molecule has 1 aliphatic rings. The highest BCUT2D eigenvalue weighted by atomic mass is 32.2.